The van der Waals surface area contributed by atoms with Crippen LogP contribution in [0.2, 0.25) is 0 Å². The molecule has 3 aromatic rings. The molecule has 0 bridgehead atoms. The zero-order valence-corrected chi connectivity index (χ0v) is 22.1. The summed E-state index contributed by atoms with van der Waals surface area (Å²) in [5.41, 5.74) is 4.21. The minimum Gasteiger partial charge on any atom is -0.368 e. The van der Waals surface area contributed by atoms with E-state index < -0.39 is 17.6 Å². The maximum absolute atomic E-state index is 15.6. The first-order chi connectivity index (χ1) is 18.1. The van der Waals surface area contributed by atoms with Gasteiger partial charge in [-0.15, -0.1) is 0 Å². The maximum Gasteiger partial charge on any atom is 0.184 e. The first kappa shape index (κ1) is 27.0. The molecule has 2 atom stereocenters. The minimum absolute atomic E-state index is 0.303. The predicted octanol–water partition coefficient (Wildman–Crippen LogP) is 10.1. The van der Waals surface area contributed by atoms with E-state index in [0.717, 1.165) is 36.0 Å². The summed E-state index contributed by atoms with van der Waals surface area (Å²) in [6.45, 7) is 4.38. The molecule has 2 unspecified atom stereocenters. The number of benzene rings is 3. The molecule has 0 aliphatic heterocycles. The lowest BCUT2D eigenvalue weighted by molar-refractivity contribution is -0.0586. The third-order valence-corrected chi connectivity index (χ3v) is 7.30. The third-order valence-electron chi connectivity index (χ3n) is 7.30. The Kier molecular flexibility index (Phi) is 9.46. The predicted molar refractivity (Wildman–Crippen MR) is 152 cm³/mol. The maximum atomic E-state index is 15.6. The van der Waals surface area contributed by atoms with Gasteiger partial charge >= 0.3 is 0 Å². The molecular weight excluding hydrogens is 462 g/mol. The lowest BCUT2D eigenvalue weighted by atomic mass is 9.82. The number of unbranched alkanes of at least 4 members (excludes halogenated alkanes) is 5. The number of ether oxygens (including phenoxy) is 1. The van der Waals surface area contributed by atoms with E-state index in [2.05, 4.69) is 43.3 Å². The van der Waals surface area contributed by atoms with Crippen molar-refractivity contribution < 1.29 is 13.5 Å². The van der Waals surface area contributed by atoms with Crippen LogP contribution in [0.4, 0.5) is 8.78 Å². The second-order valence-corrected chi connectivity index (χ2v) is 9.88. The van der Waals surface area contributed by atoms with Crippen LogP contribution in [0.1, 0.15) is 64.4 Å². The van der Waals surface area contributed by atoms with Crippen molar-refractivity contribution in [3.63, 3.8) is 0 Å². The summed E-state index contributed by atoms with van der Waals surface area (Å²) < 4.78 is 36.8. The van der Waals surface area contributed by atoms with E-state index in [-0.39, 0.29) is 0 Å². The van der Waals surface area contributed by atoms with Crippen molar-refractivity contribution in [2.45, 2.75) is 70.6 Å². The monoisotopic (exact) mass is 500 g/mol. The molecule has 0 amide bonds. The number of hydrogen-bond acceptors (Lipinski definition) is 1. The largest absolute Gasteiger partial charge is 0.368 e. The van der Waals surface area contributed by atoms with Crippen LogP contribution in [0.5, 0.6) is 0 Å². The van der Waals surface area contributed by atoms with E-state index in [9.17, 15) is 0 Å². The number of alkyl halides is 1. The number of halogens is 2. The van der Waals surface area contributed by atoms with Crippen molar-refractivity contribution in [3.05, 3.63) is 102 Å². The van der Waals surface area contributed by atoms with Crippen LogP contribution >= 0.6 is 0 Å². The molecular formula is C34H38F2O. The Labute approximate surface area is 220 Å². The molecule has 0 N–H and O–H groups in total. The SMILES string of the molecule is CCCCCCCCC1(OCC)C=CC(c2ccc(-c3ccc(-c4ccccc4)cc3)cc2)=C(F)C1F. The smallest absolute Gasteiger partial charge is 0.184 e. The molecule has 194 valence electrons. The van der Waals surface area contributed by atoms with Gasteiger partial charge in [0.25, 0.3) is 0 Å². The van der Waals surface area contributed by atoms with Crippen LogP contribution in [0.25, 0.3) is 27.8 Å². The van der Waals surface area contributed by atoms with Crippen LogP contribution in [0, 0.1) is 0 Å². The van der Waals surface area contributed by atoms with Gasteiger partial charge in [-0.05, 0) is 47.2 Å². The number of rotatable bonds is 12. The number of allylic oxidation sites excluding steroid dienone is 2. The Morgan fingerprint density at radius 1 is 0.676 bits per heavy atom. The molecule has 0 saturated carbocycles. The van der Waals surface area contributed by atoms with Crippen molar-refractivity contribution in [1.82, 2.24) is 0 Å². The zero-order chi connectivity index (χ0) is 26.1. The summed E-state index contributed by atoms with van der Waals surface area (Å²) in [6.07, 6.45) is 8.73. The quantitative estimate of drug-likeness (QED) is 0.225. The molecule has 0 saturated heterocycles. The van der Waals surface area contributed by atoms with Crippen LogP contribution < -0.4 is 0 Å². The molecule has 0 spiro atoms. The molecule has 0 aromatic heterocycles. The highest BCUT2D eigenvalue weighted by Crippen LogP contribution is 2.41. The zero-order valence-electron chi connectivity index (χ0n) is 22.1. The van der Waals surface area contributed by atoms with Crippen molar-refractivity contribution in [2.24, 2.45) is 0 Å². The topological polar surface area (TPSA) is 9.23 Å². The van der Waals surface area contributed by atoms with Gasteiger partial charge in [-0.3, -0.25) is 0 Å². The molecule has 4 rings (SSSR count). The van der Waals surface area contributed by atoms with E-state index >= 15 is 8.78 Å². The van der Waals surface area contributed by atoms with Crippen molar-refractivity contribution in [2.75, 3.05) is 6.61 Å². The van der Waals surface area contributed by atoms with E-state index in [1.54, 1.807) is 12.2 Å². The molecule has 3 heteroatoms. The Hall–Kier alpha value is -3.04. The van der Waals surface area contributed by atoms with E-state index in [4.69, 9.17) is 4.74 Å². The Morgan fingerprint density at radius 3 is 1.76 bits per heavy atom. The molecule has 0 radical (unpaired) electrons. The average molecular weight is 501 g/mol. The van der Waals surface area contributed by atoms with Gasteiger partial charge in [-0.25, -0.2) is 8.78 Å². The highest BCUT2D eigenvalue weighted by atomic mass is 19.2. The summed E-state index contributed by atoms with van der Waals surface area (Å²) in [4.78, 5) is 0. The fourth-order valence-electron chi connectivity index (χ4n) is 5.16. The Bertz CT molecular complexity index is 1180. The molecule has 1 nitrogen and oxygen atoms in total. The van der Waals surface area contributed by atoms with E-state index in [1.165, 1.54) is 24.8 Å². The summed E-state index contributed by atoms with van der Waals surface area (Å²) in [7, 11) is 0. The molecule has 0 fully saturated rings. The van der Waals surface area contributed by atoms with Gasteiger partial charge in [-0.1, -0.05) is 130 Å². The summed E-state index contributed by atoms with van der Waals surface area (Å²) in [5, 5.41) is 0. The lowest BCUT2D eigenvalue weighted by Crippen LogP contribution is -2.43. The van der Waals surface area contributed by atoms with Gasteiger partial charge in [-0.2, -0.15) is 0 Å². The van der Waals surface area contributed by atoms with Gasteiger partial charge in [0, 0.05) is 12.2 Å². The van der Waals surface area contributed by atoms with Gasteiger partial charge < -0.3 is 4.74 Å². The minimum atomic E-state index is -1.80. The average Bonchev–Trinajstić information content (AvgIpc) is 2.94. The first-order valence-electron chi connectivity index (χ1n) is 13.7. The summed E-state index contributed by atoms with van der Waals surface area (Å²) in [5.74, 6) is -0.734. The van der Waals surface area contributed by atoms with Crippen LogP contribution in [-0.4, -0.2) is 18.4 Å². The lowest BCUT2D eigenvalue weighted by Gasteiger charge is -2.36. The Balaban J connectivity index is 1.46. The molecule has 3 aromatic carbocycles. The van der Waals surface area contributed by atoms with Gasteiger partial charge in [0.1, 0.15) is 11.4 Å². The van der Waals surface area contributed by atoms with Gasteiger partial charge in [0.05, 0.1) is 0 Å². The molecule has 1 aliphatic carbocycles. The fourth-order valence-corrected chi connectivity index (χ4v) is 5.16. The second kappa shape index (κ2) is 13.0. The molecule has 1 aliphatic rings. The van der Waals surface area contributed by atoms with E-state index in [1.807, 2.05) is 49.4 Å². The van der Waals surface area contributed by atoms with Crippen LogP contribution in [-0.2, 0) is 4.74 Å². The third kappa shape index (κ3) is 6.45. The van der Waals surface area contributed by atoms with Crippen molar-refractivity contribution in [3.8, 4) is 22.3 Å². The second-order valence-electron chi connectivity index (χ2n) is 9.88. The van der Waals surface area contributed by atoms with Crippen LogP contribution in [0.3, 0.4) is 0 Å². The normalized spacial score (nSPS) is 19.4. The van der Waals surface area contributed by atoms with Crippen molar-refractivity contribution >= 4 is 5.57 Å². The molecule has 37 heavy (non-hydrogen) atoms. The highest BCUT2D eigenvalue weighted by Gasteiger charge is 2.43. The van der Waals surface area contributed by atoms with E-state index in [0.29, 0.717) is 24.2 Å². The molecule has 0 heterocycles. The van der Waals surface area contributed by atoms with Crippen LogP contribution in [0.15, 0.2) is 96.8 Å². The number of hydrogen-bond donors (Lipinski definition) is 0. The summed E-state index contributed by atoms with van der Waals surface area (Å²) in [6, 6.07) is 26.3. The fraction of sp³-hybridized carbons (Fsp3) is 0.353. The summed E-state index contributed by atoms with van der Waals surface area (Å²) >= 11 is 0. The van der Waals surface area contributed by atoms with Gasteiger partial charge in [0.2, 0.25) is 0 Å². The Morgan fingerprint density at radius 2 is 1.19 bits per heavy atom. The van der Waals surface area contributed by atoms with Crippen molar-refractivity contribution in [1.29, 1.82) is 0 Å². The standard InChI is InChI=1S/C34H38F2O/c1-3-5-6-7-8-12-24-34(37-4-2)25-23-31(32(35)33(34)36)30-21-19-29(20-22-30)28-17-15-27(16-18-28)26-13-10-9-11-14-26/h9-11,13-23,25,33H,3-8,12,24H2,1-2H3. The van der Waals surface area contributed by atoms with Gasteiger partial charge in [0.15, 0.2) is 6.17 Å². The highest BCUT2D eigenvalue weighted by molar-refractivity contribution is 5.80. The first-order valence-corrected chi connectivity index (χ1v) is 13.7.